The van der Waals surface area contributed by atoms with E-state index in [0.717, 1.165) is 114 Å². The first-order chi connectivity index (χ1) is 48.2. The van der Waals surface area contributed by atoms with E-state index in [1.807, 2.05) is 0 Å². The summed E-state index contributed by atoms with van der Waals surface area (Å²) >= 11 is 0. The average Bonchev–Trinajstić information content (AvgIpc) is 0.920. The molecule has 7 atom stereocenters. The second-order valence-electron chi connectivity index (χ2n) is 30.6. The normalized spacial score (nSPS) is 14.6. The Hall–Kier alpha value is -1.94. The smallest absolute Gasteiger partial charge is 0.462 e. The van der Waals surface area contributed by atoms with Crippen LogP contribution < -0.4 is 0 Å². The molecule has 100 heavy (non-hydrogen) atoms. The summed E-state index contributed by atoms with van der Waals surface area (Å²) in [7, 11) is -9.92. The van der Waals surface area contributed by atoms with Gasteiger partial charge in [-0.1, -0.05) is 364 Å². The van der Waals surface area contributed by atoms with Gasteiger partial charge < -0.3 is 33.8 Å². The molecule has 0 bridgehead atoms. The number of carbonyl (C=O) groups is 4. The van der Waals surface area contributed by atoms with Crippen molar-refractivity contribution in [3.05, 3.63) is 0 Å². The van der Waals surface area contributed by atoms with Crippen molar-refractivity contribution in [1.29, 1.82) is 0 Å². The molecule has 0 aliphatic heterocycles. The number of hydrogen-bond donors (Lipinski definition) is 3. The minimum atomic E-state index is -4.96. The molecule has 0 saturated carbocycles. The molecule has 0 aliphatic carbocycles. The third-order valence-corrected chi connectivity index (χ3v) is 21.4. The number of phosphoric acid groups is 2. The zero-order valence-electron chi connectivity index (χ0n) is 65.8. The van der Waals surface area contributed by atoms with Gasteiger partial charge in [-0.3, -0.25) is 37.3 Å². The zero-order chi connectivity index (χ0) is 73.8. The van der Waals surface area contributed by atoms with Crippen molar-refractivity contribution >= 4 is 39.5 Å². The van der Waals surface area contributed by atoms with Gasteiger partial charge >= 0.3 is 39.5 Å². The Morgan fingerprint density at radius 2 is 0.480 bits per heavy atom. The van der Waals surface area contributed by atoms with Crippen molar-refractivity contribution in [1.82, 2.24) is 0 Å². The van der Waals surface area contributed by atoms with Crippen LogP contribution in [0, 0.1) is 23.7 Å². The van der Waals surface area contributed by atoms with Gasteiger partial charge in [0.15, 0.2) is 12.2 Å². The maximum atomic E-state index is 13.1. The van der Waals surface area contributed by atoms with E-state index in [1.165, 1.54) is 218 Å². The first-order valence-corrected chi connectivity index (χ1v) is 44.8. The Morgan fingerprint density at radius 1 is 0.280 bits per heavy atom. The number of aliphatic hydroxyl groups excluding tert-OH is 1. The van der Waals surface area contributed by atoms with Gasteiger partial charge in [0.25, 0.3) is 0 Å². The fraction of sp³-hybridized carbons (Fsp3) is 0.951. The molecule has 4 unspecified atom stereocenters. The van der Waals surface area contributed by atoms with Gasteiger partial charge in [0.1, 0.15) is 19.3 Å². The second-order valence-corrected chi connectivity index (χ2v) is 33.5. The van der Waals surface area contributed by atoms with Crippen LogP contribution in [0.5, 0.6) is 0 Å². The number of ether oxygens (including phenoxy) is 4. The van der Waals surface area contributed by atoms with Gasteiger partial charge in [-0.15, -0.1) is 0 Å². The summed E-state index contributed by atoms with van der Waals surface area (Å²) in [6.07, 6.45) is 56.7. The quantitative estimate of drug-likeness (QED) is 0.0222. The van der Waals surface area contributed by atoms with Crippen molar-refractivity contribution in [2.45, 2.75) is 433 Å². The van der Waals surface area contributed by atoms with E-state index < -0.39 is 97.5 Å². The maximum Gasteiger partial charge on any atom is 0.472 e. The van der Waals surface area contributed by atoms with Crippen LogP contribution in [0.15, 0.2) is 0 Å². The fourth-order valence-electron chi connectivity index (χ4n) is 12.4. The first kappa shape index (κ1) is 98.1. The Morgan fingerprint density at radius 3 is 0.710 bits per heavy atom. The summed E-state index contributed by atoms with van der Waals surface area (Å²) in [6, 6.07) is 0. The van der Waals surface area contributed by atoms with Crippen molar-refractivity contribution in [2.75, 3.05) is 39.6 Å². The lowest BCUT2D eigenvalue weighted by Gasteiger charge is -2.21. The lowest BCUT2D eigenvalue weighted by molar-refractivity contribution is -0.161. The van der Waals surface area contributed by atoms with Crippen LogP contribution in [0.1, 0.15) is 415 Å². The summed E-state index contributed by atoms with van der Waals surface area (Å²) in [5, 5.41) is 10.6. The standard InChI is InChI=1S/C81H158O17P2/c1-9-73(7)59-51-43-35-27-20-23-30-38-46-54-62-79(84)92-67-76(97-80(85)63-55-47-39-31-18-16-14-12-11-13-15-17-25-33-41-49-57-71(3)4)69-95-99(87,88)93-65-75(82)66-94-100(89,90)96-70-77(68-91-78(83)61-53-45-37-29-22-19-26-34-42-50-58-72(5)6)98-81(86)64-56-48-40-32-24-21-28-36-44-52-60-74(8)10-2/h71-77,82H,9-70H2,1-8H3,(H,87,88)(H,89,90)/t73?,74?,75-,76-,77-/m1/s1. The highest BCUT2D eigenvalue weighted by Crippen LogP contribution is 2.45. The topological polar surface area (TPSA) is 237 Å². The van der Waals surface area contributed by atoms with Gasteiger partial charge in [-0.2, -0.15) is 0 Å². The molecule has 0 aromatic rings. The lowest BCUT2D eigenvalue weighted by atomic mass is 9.99. The van der Waals surface area contributed by atoms with E-state index in [-0.39, 0.29) is 25.7 Å². The molecular formula is C81H158O17P2. The molecule has 0 saturated heterocycles. The van der Waals surface area contributed by atoms with E-state index in [0.29, 0.717) is 25.7 Å². The molecule has 0 aromatic carbocycles. The number of rotatable bonds is 78. The highest BCUT2D eigenvalue weighted by Gasteiger charge is 2.30. The summed E-state index contributed by atoms with van der Waals surface area (Å²) in [6.45, 7) is 14.3. The van der Waals surface area contributed by atoms with Gasteiger partial charge in [0, 0.05) is 25.7 Å². The minimum absolute atomic E-state index is 0.106. The third-order valence-electron chi connectivity index (χ3n) is 19.5. The van der Waals surface area contributed by atoms with Crippen molar-refractivity contribution in [3.8, 4) is 0 Å². The summed E-state index contributed by atoms with van der Waals surface area (Å²) in [5.41, 5.74) is 0. The highest BCUT2D eigenvalue weighted by atomic mass is 31.2. The largest absolute Gasteiger partial charge is 0.472 e. The van der Waals surface area contributed by atoms with Crippen molar-refractivity contribution in [3.63, 3.8) is 0 Å². The number of phosphoric ester groups is 2. The van der Waals surface area contributed by atoms with Crippen LogP contribution in [0.3, 0.4) is 0 Å². The van der Waals surface area contributed by atoms with Gasteiger partial charge in [-0.25, -0.2) is 9.13 Å². The Kier molecular flexibility index (Phi) is 68.7. The summed E-state index contributed by atoms with van der Waals surface area (Å²) in [5.74, 6) is 1.07. The van der Waals surface area contributed by atoms with E-state index in [2.05, 4.69) is 55.4 Å². The van der Waals surface area contributed by atoms with Crippen molar-refractivity contribution < 1.29 is 80.2 Å². The van der Waals surface area contributed by atoms with E-state index in [4.69, 9.17) is 37.0 Å². The number of esters is 4. The van der Waals surface area contributed by atoms with Gasteiger partial charge in [0.05, 0.1) is 26.4 Å². The molecule has 3 N–H and O–H groups in total. The molecular weight excluding hydrogens is 1310 g/mol. The lowest BCUT2D eigenvalue weighted by Crippen LogP contribution is -2.30. The van der Waals surface area contributed by atoms with Crippen LogP contribution in [-0.2, 0) is 65.4 Å². The Labute approximate surface area is 613 Å². The predicted octanol–water partition coefficient (Wildman–Crippen LogP) is 24.0. The van der Waals surface area contributed by atoms with E-state index >= 15 is 0 Å². The van der Waals surface area contributed by atoms with Gasteiger partial charge in [-0.05, 0) is 49.4 Å². The molecule has 0 aliphatic rings. The van der Waals surface area contributed by atoms with E-state index in [9.17, 15) is 43.2 Å². The summed E-state index contributed by atoms with van der Waals surface area (Å²) < 4.78 is 68.8. The predicted molar refractivity (Wildman–Crippen MR) is 409 cm³/mol. The third kappa shape index (κ3) is 71.7. The average molecular weight is 1470 g/mol. The highest BCUT2D eigenvalue weighted by molar-refractivity contribution is 7.47. The molecule has 0 radical (unpaired) electrons. The number of unbranched alkanes of at least 4 members (excludes halogenated alkanes) is 42. The molecule has 0 aromatic heterocycles. The molecule has 19 heteroatoms. The summed E-state index contributed by atoms with van der Waals surface area (Å²) in [4.78, 5) is 73.1. The molecule has 0 spiro atoms. The van der Waals surface area contributed by atoms with Crippen LogP contribution in [0.25, 0.3) is 0 Å². The van der Waals surface area contributed by atoms with Gasteiger partial charge in [0.2, 0.25) is 0 Å². The fourth-order valence-corrected chi connectivity index (χ4v) is 13.9. The second kappa shape index (κ2) is 70.1. The molecule has 0 amide bonds. The Balaban J connectivity index is 5.27. The maximum absolute atomic E-state index is 13.1. The molecule has 17 nitrogen and oxygen atoms in total. The molecule has 594 valence electrons. The van der Waals surface area contributed by atoms with Crippen LogP contribution >= 0.6 is 15.6 Å². The first-order valence-electron chi connectivity index (χ1n) is 41.8. The molecule has 0 rings (SSSR count). The Bertz CT molecular complexity index is 1960. The minimum Gasteiger partial charge on any atom is -0.462 e. The molecule has 0 fully saturated rings. The zero-order valence-corrected chi connectivity index (χ0v) is 67.6. The SMILES string of the molecule is CCC(C)CCCCCCCCCCCCC(=O)OC[C@H](COP(=O)(O)OC[C@@H](O)COP(=O)(O)OC[C@@H](COC(=O)CCCCCCCCCCCCC(C)C)OC(=O)CCCCCCCCCCCCC(C)CC)OC(=O)CCCCCCCCCCCCCCCCCCC(C)C. The number of carbonyl (C=O) groups excluding carboxylic acids is 4. The molecule has 0 heterocycles. The number of hydrogen-bond acceptors (Lipinski definition) is 15. The van der Waals surface area contributed by atoms with Crippen molar-refractivity contribution in [2.24, 2.45) is 23.7 Å². The van der Waals surface area contributed by atoms with Crippen LogP contribution in [0.2, 0.25) is 0 Å². The van der Waals surface area contributed by atoms with Crippen LogP contribution in [0.4, 0.5) is 0 Å². The van der Waals surface area contributed by atoms with Crippen LogP contribution in [-0.4, -0.2) is 96.7 Å². The van der Waals surface area contributed by atoms with E-state index in [1.54, 1.807) is 0 Å². The monoisotopic (exact) mass is 1470 g/mol. The number of aliphatic hydroxyl groups is 1.